The molecule has 116 valence electrons. The molecule has 0 bridgehead atoms. The van der Waals surface area contributed by atoms with Crippen LogP contribution in [-0.2, 0) is 9.53 Å². The molecule has 20 heavy (non-hydrogen) atoms. The van der Waals surface area contributed by atoms with Crippen molar-refractivity contribution in [1.29, 1.82) is 0 Å². The van der Waals surface area contributed by atoms with Gasteiger partial charge >= 0.3 is 0 Å². The zero-order chi connectivity index (χ0) is 15.3. The van der Waals surface area contributed by atoms with Crippen LogP contribution in [-0.4, -0.2) is 51.4 Å². The van der Waals surface area contributed by atoms with Crippen LogP contribution in [0.2, 0.25) is 25.2 Å². The number of carbonyl (C=O) groups is 1. The molecule has 0 amide bonds. The summed E-state index contributed by atoms with van der Waals surface area (Å²) in [6, 6.07) is 1.82. The van der Waals surface area contributed by atoms with Gasteiger partial charge in [-0.2, -0.15) is 0 Å². The van der Waals surface area contributed by atoms with E-state index in [0.717, 1.165) is 24.3 Å². The maximum absolute atomic E-state index is 11.3. The normalized spacial score (nSPS) is 27.4. The quantitative estimate of drug-likeness (QED) is 0.465. The van der Waals surface area contributed by atoms with E-state index in [1.807, 2.05) is 0 Å². The van der Waals surface area contributed by atoms with Crippen molar-refractivity contribution >= 4 is 31.9 Å². The summed E-state index contributed by atoms with van der Waals surface area (Å²) < 4.78 is 5.46. The molecule has 0 aromatic heterocycles. The summed E-state index contributed by atoms with van der Waals surface area (Å²) in [7, 11) is 0.243. The number of nitrogens with one attached hydrogen (secondary N) is 1. The number of rotatable bonds is 6. The average molecular weight is 319 g/mol. The number of ether oxygens (including phenoxy) is 1. The number of aliphatic imine (C=N–C) groups is 1. The molecule has 0 aromatic carbocycles. The number of carbonyl (C=O) groups excluding carboxylic acids is 1. The Bertz CT molecular complexity index is 361. The van der Waals surface area contributed by atoms with E-state index in [-0.39, 0.29) is 18.1 Å². The van der Waals surface area contributed by atoms with Gasteiger partial charge in [-0.15, -0.1) is 11.6 Å². The minimum atomic E-state index is -1.41. The number of halogens is 1. The molecule has 0 spiro atoms. The number of methoxy groups -OCH3 is 1. The molecule has 0 fully saturated rings. The fourth-order valence-corrected chi connectivity index (χ4v) is 6.30. The van der Waals surface area contributed by atoms with Crippen LogP contribution >= 0.6 is 11.6 Å². The summed E-state index contributed by atoms with van der Waals surface area (Å²) in [6.07, 6.45) is 0.976. The van der Waals surface area contributed by atoms with Crippen LogP contribution in [0.25, 0.3) is 0 Å². The van der Waals surface area contributed by atoms with Crippen molar-refractivity contribution in [2.75, 3.05) is 13.0 Å². The Kier molecular flexibility index (Phi) is 6.68. The van der Waals surface area contributed by atoms with Crippen molar-refractivity contribution in [1.82, 2.24) is 5.32 Å². The molecule has 1 N–H and O–H groups in total. The van der Waals surface area contributed by atoms with E-state index in [1.54, 1.807) is 7.11 Å². The second-order valence-electron chi connectivity index (χ2n) is 6.59. The number of hydrogen-bond donors (Lipinski definition) is 1. The van der Waals surface area contributed by atoms with E-state index in [1.165, 1.54) is 0 Å². The Balaban J connectivity index is 2.91. The standard InChI is InChI=1S/C14H27ClN2O2Si/c1-10(2)13-11(8-18)16-12(14(17-13)19-3)9-20(4,5)7-6-15/h8,10-13,16H,6-7,9H2,1-5H3/t11?,12-,13+/m0/s1. The van der Waals surface area contributed by atoms with Gasteiger partial charge in [0.25, 0.3) is 0 Å². The zero-order valence-corrected chi connectivity index (χ0v) is 14.9. The predicted molar refractivity (Wildman–Crippen MR) is 87.7 cm³/mol. The van der Waals surface area contributed by atoms with Gasteiger partial charge in [0.05, 0.1) is 33.3 Å². The topological polar surface area (TPSA) is 50.7 Å². The lowest BCUT2D eigenvalue weighted by atomic mass is 9.95. The highest BCUT2D eigenvalue weighted by Crippen LogP contribution is 2.24. The van der Waals surface area contributed by atoms with Crippen molar-refractivity contribution < 1.29 is 9.53 Å². The summed E-state index contributed by atoms with van der Waals surface area (Å²) in [5, 5.41) is 3.42. The van der Waals surface area contributed by atoms with Crippen molar-refractivity contribution in [3.63, 3.8) is 0 Å². The first-order valence-corrected chi connectivity index (χ1v) is 11.2. The smallest absolute Gasteiger partial charge is 0.200 e. The Morgan fingerprint density at radius 2 is 2.15 bits per heavy atom. The van der Waals surface area contributed by atoms with Crippen LogP contribution in [0.4, 0.5) is 0 Å². The summed E-state index contributed by atoms with van der Waals surface area (Å²) in [4.78, 5) is 16.0. The first-order chi connectivity index (χ1) is 9.34. The van der Waals surface area contributed by atoms with E-state index >= 15 is 0 Å². The van der Waals surface area contributed by atoms with Gasteiger partial charge in [0, 0.05) is 5.88 Å². The van der Waals surface area contributed by atoms with Crippen LogP contribution < -0.4 is 5.32 Å². The van der Waals surface area contributed by atoms with Crippen LogP contribution in [0.1, 0.15) is 13.8 Å². The minimum Gasteiger partial charge on any atom is -0.483 e. The number of alkyl halides is 1. The maximum atomic E-state index is 11.3. The lowest BCUT2D eigenvalue weighted by Gasteiger charge is -2.37. The van der Waals surface area contributed by atoms with E-state index in [0.29, 0.717) is 11.8 Å². The molecule has 0 saturated carbocycles. The predicted octanol–water partition coefficient (Wildman–Crippen LogP) is 2.54. The first-order valence-electron chi connectivity index (χ1n) is 7.23. The van der Waals surface area contributed by atoms with Crippen molar-refractivity contribution in [3.8, 4) is 0 Å². The lowest BCUT2D eigenvalue weighted by molar-refractivity contribution is -0.110. The Labute approximate surface area is 128 Å². The largest absolute Gasteiger partial charge is 0.483 e. The van der Waals surface area contributed by atoms with Gasteiger partial charge in [-0.1, -0.05) is 26.9 Å². The van der Waals surface area contributed by atoms with Gasteiger partial charge in [0.1, 0.15) is 6.29 Å². The van der Waals surface area contributed by atoms with Crippen LogP contribution in [0.3, 0.4) is 0 Å². The molecule has 3 atom stereocenters. The first kappa shape index (κ1) is 17.7. The Morgan fingerprint density at radius 3 is 2.60 bits per heavy atom. The molecule has 0 aliphatic carbocycles. The zero-order valence-electron chi connectivity index (χ0n) is 13.1. The van der Waals surface area contributed by atoms with Crippen molar-refractivity contribution in [2.45, 2.75) is 57.2 Å². The fraction of sp³-hybridized carbons (Fsp3) is 0.857. The number of hydrogen-bond acceptors (Lipinski definition) is 4. The van der Waals surface area contributed by atoms with E-state index in [2.05, 4.69) is 37.3 Å². The summed E-state index contributed by atoms with van der Waals surface area (Å²) >= 11 is 5.89. The third-order valence-corrected chi connectivity index (χ3v) is 7.53. The molecule has 0 saturated heterocycles. The molecule has 0 aromatic rings. The Morgan fingerprint density at radius 1 is 1.50 bits per heavy atom. The highest BCUT2D eigenvalue weighted by molar-refractivity contribution is 6.78. The third-order valence-electron chi connectivity index (χ3n) is 3.90. The fourth-order valence-electron chi connectivity index (χ4n) is 2.65. The third kappa shape index (κ3) is 4.57. The van der Waals surface area contributed by atoms with Gasteiger partial charge in [0.15, 0.2) is 0 Å². The van der Waals surface area contributed by atoms with E-state index in [9.17, 15) is 4.79 Å². The summed E-state index contributed by atoms with van der Waals surface area (Å²) in [5.74, 6) is 1.73. The number of nitrogens with zero attached hydrogens (tertiary/aromatic N) is 1. The highest BCUT2D eigenvalue weighted by Gasteiger charge is 2.37. The monoisotopic (exact) mass is 318 g/mol. The van der Waals surface area contributed by atoms with Crippen LogP contribution in [0.15, 0.2) is 4.99 Å². The molecule has 1 aliphatic heterocycles. The molecular weight excluding hydrogens is 292 g/mol. The van der Waals surface area contributed by atoms with Crippen molar-refractivity contribution in [3.05, 3.63) is 0 Å². The Hall–Kier alpha value is -0.393. The summed E-state index contributed by atoms with van der Waals surface area (Å²) in [5.41, 5.74) is 0. The molecule has 1 aliphatic rings. The SMILES string of the molecule is COC1=N[C@H](C(C)C)C(C=O)N[C@H]1C[Si](C)(C)CCCl. The van der Waals surface area contributed by atoms with Gasteiger partial charge < -0.3 is 9.53 Å². The van der Waals surface area contributed by atoms with E-state index in [4.69, 9.17) is 16.3 Å². The highest BCUT2D eigenvalue weighted by atomic mass is 35.5. The summed E-state index contributed by atoms with van der Waals surface area (Å²) in [6.45, 7) is 8.78. The van der Waals surface area contributed by atoms with Gasteiger partial charge in [-0.3, -0.25) is 5.32 Å². The van der Waals surface area contributed by atoms with Crippen molar-refractivity contribution in [2.24, 2.45) is 10.9 Å². The average Bonchev–Trinajstić information content (AvgIpc) is 2.37. The maximum Gasteiger partial charge on any atom is 0.200 e. The van der Waals surface area contributed by atoms with E-state index < -0.39 is 8.07 Å². The molecule has 0 radical (unpaired) electrons. The molecule has 6 heteroatoms. The minimum absolute atomic E-state index is 0.0371. The molecule has 1 rings (SSSR count). The molecule has 1 unspecified atom stereocenters. The van der Waals surface area contributed by atoms with Crippen LogP contribution in [0.5, 0.6) is 0 Å². The molecule has 4 nitrogen and oxygen atoms in total. The molecule has 1 heterocycles. The van der Waals surface area contributed by atoms with Gasteiger partial charge in [-0.05, 0) is 18.0 Å². The van der Waals surface area contributed by atoms with Gasteiger partial charge in [0.2, 0.25) is 5.90 Å². The second-order valence-corrected chi connectivity index (χ2v) is 12.2. The van der Waals surface area contributed by atoms with Crippen LogP contribution in [0, 0.1) is 5.92 Å². The second kappa shape index (κ2) is 7.57. The lowest BCUT2D eigenvalue weighted by Crippen LogP contribution is -2.57. The number of aldehydes is 1. The van der Waals surface area contributed by atoms with Gasteiger partial charge in [-0.25, -0.2) is 4.99 Å². The molecular formula is C14H27ClN2O2Si.